The SMILES string of the molecule is CCOC(=O)C(C(=O)OCC)c1cc2ccccc2n1O. The molecule has 1 N–H and O–H groups in total. The highest BCUT2D eigenvalue weighted by Crippen LogP contribution is 2.26. The third-order valence-corrected chi connectivity index (χ3v) is 3.05. The molecule has 112 valence electrons. The van der Waals surface area contributed by atoms with Gasteiger partial charge >= 0.3 is 11.9 Å². The lowest BCUT2D eigenvalue weighted by molar-refractivity contribution is -0.157. The standard InChI is InChI=1S/C15H17NO5/c1-3-20-14(17)13(15(18)21-4-2)12-9-10-7-5-6-8-11(10)16(12)19/h5-9,13,19H,3-4H2,1-2H3. The first-order valence-corrected chi connectivity index (χ1v) is 6.73. The molecule has 2 aromatic rings. The van der Waals surface area contributed by atoms with Gasteiger partial charge in [0.2, 0.25) is 0 Å². The van der Waals surface area contributed by atoms with Crippen molar-refractivity contribution in [2.45, 2.75) is 19.8 Å². The summed E-state index contributed by atoms with van der Waals surface area (Å²) in [5.41, 5.74) is 0.638. The van der Waals surface area contributed by atoms with Crippen molar-refractivity contribution in [2.75, 3.05) is 13.2 Å². The molecule has 0 spiro atoms. The predicted molar refractivity (Wildman–Crippen MR) is 75.1 cm³/mol. The van der Waals surface area contributed by atoms with Crippen LogP contribution in [0.15, 0.2) is 30.3 Å². The van der Waals surface area contributed by atoms with Gasteiger partial charge in [0.25, 0.3) is 0 Å². The van der Waals surface area contributed by atoms with Crippen LogP contribution in [0.25, 0.3) is 10.9 Å². The molecule has 0 aliphatic heterocycles. The van der Waals surface area contributed by atoms with E-state index in [1.807, 2.05) is 0 Å². The molecule has 0 atom stereocenters. The molecule has 1 aromatic carbocycles. The van der Waals surface area contributed by atoms with E-state index in [4.69, 9.17) is 9.47 Å². The monoisotopic (exact) mass is 291 g/mol. The lowest BCUT2D eigenvalue weighted by atomic mass is 10.1. The average molecular weight is 291 g/mol. The Hall–Kier alpha value is -2.50. The molecule has 21 heavy (non-hydrogen) atoms. The smallest absolute Gasteiger partial charge is 0.326 e. The number of para-hydroxylation sites is 1. The van der Waals surface area contributed by atoms with Gasteiger partial charge in [-0.2, -0.15) is 4.73 Å². The van der Waals surface area contributed by atoms with Gasteiger partial charge in [-0.3, -0.25) is 9.59 Å². The van der Waals surface area contributed by atoms with E-state index in [1.165, 1.54) is 0 Å². The Bertz CT molecular complexity index is 643. The molecule has 6 heteroatoms. The largest absolute Gasteiger partial charge is 0.465 e. The van der Waals surface area contributed by atoms with Crippen molar-refractivity contribution in [3.8, 4) is 0 Å². The van der Waals surface area contributed by atoms with Gasteiger partial charge in [0, 0.05) is 5.39 Å². The van der Waals surface area contributed by atoms with Crippen molar-refractivity contribution in [1.82, 2.24) is 4.73 Å². The molecule has 1 aromatic heterocycles. The summed E-state index contributed by atoms with van der Waals surface area (Å²) < 4.78 is 10.7. The van der Waals surface area contributed by atoms with Crippen LogP contribution >= 0.6 is 0 Å². The first kappa shape index (κ1) is 14.9. The highest BCUT2D eigenvalue weighted by molar-refractivity contribution is 6.01. The van der Waals surface area contributed by atoms with Gasteiger partial charge < -0.3 is 14.7 Å². The number of fused-ring (bicyclic) bond motifs is 1. The number of rotatable bonds is 5. The Kier molecular flexibility index (Phi) is 4.47. The van der Waals surface area contributed by atoms with E-state index in [2.05, 4.69) is 0 Å². The van der Waals surface area contributed by atoms with Crippen LogP contribution in [0.4, 0.5) is 0 Å². The zero-order chi connectivity index (χ0) is 15.4. The molecule has 1 heterocycles. The maximum atomic E-state index is 12.0. The average Bonchev–Trinajstić information content (AvgIpc) is 2.78. The highest BCUT2D eigenvalue weighted by atomic mass is 16.6. The number of nitrogens with zero attached hydrogens (tertiary/aromatic N) is 1. The van der Waals surface area contributed by atoms with Crippen molar-refractivity contribution < 1.29 is 24.3 Å². The molecule has 0 saturated carbocycles. The number of carbonyl (C=O) groups is 2. The van der Waals surface area contributed by atoms with Crippen LogP contribution in [-0.2, 0) is 19.1 Å². The Morgan fingerprint density at radius 2 is 1.71 bits per heavy atom. The Morgan fingerprint density at radius 1 is 1.14 bits per heavy atom. The second-order valence-corrected chi connectivity index (χ2v) is 4.38. The fraction of sp³-hybridized carbons (Fsp3) is 0.333. The van der Waals surface area contributed by atoms with Gasteiger partial charge in [0.15, 0.2) is 5.92 Å². The molecule has 0 radical (unpaired) electrons. The minimum atomic E-state index is -1.30. The van der Waals surface area contributed by atoms with Crippen LogP contribution in [-0.4, -0.2) is 35.1 Å². The van der Waals surface area contributed by atoms with Crippen LogP contribution < -0.4 is 0 Å². The molecule has 2 rings (SSSR count). The molecule has 0 bridgehead atoms. The van der Waals surface area contributed by atoms with Crippen LogP contribution in [0.5, 0.6) is 0 Å². The Labute approximate surface area is 121 Å². The van der Waals surface area contributed by atoms with Crippen LogP contribution in [0.2, 0.25) is 0 Å². The maximum absolute atomic E-state index is 12.0. The van der Waals surface area contributed by atoms with Gasteiger partial charge in [0.1, 0.15) is 0 Å². The number of esters is 2. The number of benzene rings is 1. The fourth-order valence-electron chi connectivity index (χ4n) is 2.16. The first-order valence-electron chi connectivity index (χ1n) is 6.73. The summed E-state index contributed by atoms with van der Waals surface area (Å²) >= 11 is 0. The number of hydrogen-bond donors (Lipinski definition) is 1. The van der Waals surface area contributed by atoms with Crippen LogP contribution in [0.1, 0.15) is 25.5 Å². The van der Waals surface area contributed by atoms with Gasteiger partial charge in [-0.05, 0) is 26.0 Å². The number of ether oxygens (including phenoxy) is 2. The minimum Gasteiger partial charge on any atom is -0.465 e. The van der Waals surface area contributed by atoms with Gasteiger partial charge in [-0.15, -0.1) is 0 Å². The second-order valence-electron chi connectivity index (χ2n) is 4.38. The molecule has 0 aliphatic rings. The molecule has 0 unspecified atom stereocenters. The maximum Gasteiger partial charge on any atom is 0.326 e. The van der Waals surface area contributed by atoms with E-state index in [9.17, 15) is 14.8 Å². The van der Waals surface area contributed by atoms with E-state index >= 15 is 0 Å². The molecular weight excluding hydrogens is 274 g/mol. The molecule has 0 amide bonds. The summed E-state index contributed by atoms with van der Waals surface area (Å²) in [5, 5.41) is 10.9. The highest BCUT2D eigenvalue weighted by Gasteiger charge is 2.35. The number of carbonyl (C=O) groups excluding carboxylic acids is 2. The number of hydrogen-bond acceptors (Lipinski definition) is 5. The van der Waals surface area contributed by atoms with Gasteiger partial charge in [-0.25, -0.2) is 0 Å². The summed E-state index contributed by atoms with van der Waals surface area (Å²) in [6, 6.07) is 8.59. The predicted octanol–water partition coefficient (Wildman–Crippen LogP) is 2.09. The summed E-state index contributed by atoms with van der Waals surface area (Å²) in [6.45, 7) is 3.57. The van der Waals surface area contributed by atoms with Crippen molar-refractivity contribution in [2.24, 2.45) is 0 Å². The lowest BCUT2D eigenvalue weighted by Crippen LogP contribution is -2.28. The zero-order valence-corrected chi connectivity index (χ0v) is 11.9. The summed E-state index contributed by atoms with van der Waals surface area (Å²) in [6.07, 6.45) is 0. The van der Waals surface area contributed by atoms with Crippen molar-refractivity contribution in [1.29, 1.82) is 0 Å². The van der Waals surface area contributed by atoms with E-state index in [1.54, 1.807) is 44.2 Å². The molecule has 6 nitrogen and oxygen atoms in total. The minimum absolute atomic E-state index is 0.133. The van der Waals surface area contributed by atoms with Gasteiger partial charge in [0.05, 0.1) is 24.4 Å². The summed E-state index contributed by atoms with van der Waals surface area (Å²) in [4.78, 5) is 24.1. The Balaban J connectivity index is 2.50. The number of aromatic nitrogens is 1. The lowest BCUT2D eigenvalue weighted by Gasteiger charge is -2.14. The van der Waals surface area contributed by atoms with Gasteiger partial charge in [-0.1, -0.05) is 18.2 Å². The quantitative estimate of drug-likeness (QED) is 0.518. The van der Waals surface area contributed by atoms with E-state index in [-0.39, 0.29) is 18.9 Å². The van der Waals surface area contributed by atoms with E-state index < -0.39 is 17.9 Å². The van der Waals surface area contributed by atoms with Crippen LogP contribution in [0.3, 0.4) is 0 Å². The van der Waals surface area contributed by atoms with Crippen molar-refractivity contribution >= 4 is 22.8 Å². The van der Waals surface area contributed by atoms with Crippen LogP contribution in [0, 0.1) is 0 Å². The third kappa shape index (κ3) is 2.84. The third-order valence-electron chi connectivity index (χ3n) is 3.05. The summed E-state index contributed by atoms with van der Waals surface area (Å²) in [5.74, 6) is -2.79. The van der Waals surface area contributed by atoms with E-state index in [0.29, 0.717) is 10.9 Å². The van der Waals surface area contributed by atoms with E-state index in [0.717, 1.165) is 4.73 Å². The molecule has 0 saturated heterocycles. The molecule has 0 fully saturated rings. The zero-order valence-electron chi connectivity index (χ0n) is 11.9. The topological polar surface area (TPSA) is 77.8 Å². The normalized spacial score (nSPS) is 10.8. The summed E-state index contributed by atoms with van der Waals surface area (Å²) in [7, 11) is 0. The van der Waals surface area contributed by atoms with Crippen molar-refractivity contribution in [3.05, 3.63) is 36.0 Å². The molecular formula is C15H17NO5. The first-order chi connectivity index (χ1) is 10.1. The van der Waals surface area contributed by atoms with Crippen molar-refractivity contribution in [3.63, 3.8) is 0 Å². The fourth-order valence-corrected chi connectivity index (χ4v) is 2.16. The second kappa shape index (κ2) is 6.30. The Morgan fingerprint density at radius 3 is 2.24 bits per heavy atom. The molecule has 0 aliphatic carbocycles.